The van der Waals surface area contributed by atoms with Gasteiger partial charge in [-0.25, -0.2) is 5.43 Å². The van der Waals surface area contributed by atoms with E-state index in [9.17, 15) is 4.79 Å². The van der Waals surface area contributed by atoms with E-state index in [4.69, 9.17) is 37.4 Å². The first-order chi connectivity index (χ1) is 15.8. The van der Waals surface area contributed by atoms with Crippen molar-refractivity contribution in [2.75, 3.05) is 14.2 Å². The third kappa shape index (κ3) is 6.86. The van der Waals surface area contributed by atoms with E-state index in [0.29, 0.717) is 41.8 Å². The molecule has 3 aromatic carbocycles. The summed E-state index contributed by atoms with van der Waals surface area (Å²) >= 11 is 19.2. The second-order valence-electron chi connectivity index (χ2n) is 6.64. The molecule has 0 saturated heterocycles. The Kier molecular flexibility index (Phi) is 9.02. The minimum Gasteiger partial charge on any atom is -0.497 e. The van der Waals surface area contributed by atoms with Gasteiger partial charge in [0.1, 0.15) is 23.9 Å². The summed E-state index contributed by atoms with van der Waals surface area (Å²) in [6, 6.07) is 13.7. The van der Waals surface area contributed by atoms with Gasteiger partial charge in [0.25, 0.3) is 5.91 Å². The first kappa shape index (κ1) is 25.4. The minimum atomic E-state index is -0.402. The Morgan fingerprint density at radius 2 is 1.64 bits per heavy atom. The molecule has 0 aliphatic heterocycles. The van der Waals surface area contributed by atoms with Crippen LogP contribution in [0.3, 0.4) is 0 Å². The zero-order chi connectivity index (χ0) is 24.0. The monoisotopic (exact) mass is 614 g/mol. The third-order valence-corrected chi connectivity index (χ3v) is 6.17. The van der Waals surface area contributed by atoms with E-state index >= 15 is 0 Å². The van der Waals surface area contributed by atoms with Crippen LogP contribution in [0.25, 0.3) is 0 Å². The maximum atomic E-state index is 12.4. The maximum Gasteiger partial charge on any atom is 0.271 e. The number of hydrogen-bond donors (Lipinski definition) is 1. The third-order valence-electron chi connectivity index (χ3n) is 4.40. The van der Waals surface area contributed by atoms with Gasteiger partial charge in [0, 0.05) is 27.2 Å². The largest absolute Gasteiger partial charge is 0.497 e. The van der Waals surface area contributed by atoms with Crippen LogP contribution in [0.1, 0.15) is 21.5 Å². The average molecular weight is 617 g/mol. The summed E-state index contributed by atoms with van der Waals surface area (Å²) in [6.45, 7) is 0.265. The SMILES string of the molecule is COc1cc(OC)cc(C(=O)N/N=C\c2cc(Br)c(OCc3ccc(Cl)cc3Cl)c(Br)c2)c1. The van der Waals surface area contributed by atoms with Gasteiger partial charge in [-0.15, -0.1) is 0 Å². The summed E-state index contributed by atoms with van der Waals surface area (Å²) in [5.74, 6) is 1.21. The molecular formula is C23H18Br2Cl2N2O4. The van der Waals surface area contributed by atoms with Crippen LogP contribution in [0.4, 0.5) is 0 Å². The topological polar surface area (TPSA) is 69.2 Å². The molecule has 0 fully saturated rings. The number of carbonyl (C=O) groups excluding carboxylic acids is 1. The summed E-state index contributed by atoms with van der Waals surface area (Å²) in [7, 11) is 3.03. The summed E-state index contributed by atoms with van der Waals surface area (Å²) in [6.07, 6.45) is 1.52. The van der Waals surface area contributed by atoms with Crippen molar-refractivity contribution >= 4 is 67.2 Å². The molecule has 172 valence electrons. The molecular weight excluding hydrogens is 599 g/mol. The van der Waals surface area contributed by atoms with Crippen molar-refractivity contribution in [1.29, 1.82) is 0 Å². The molecule has 0 atom stereocenters. The van der Waals surface area contributed by atoms with E-state index in [1.807, 2.05) is 18.2 Å². The summed E-state index contributed by atoms with van der Waals surface area (Å²) in [4.78, 5) is 12.4. The summed E-state index contributed by atoms with van der Waals surface area (Å²) in [5.41, 5.74) is 4.39. The lowest BCUT2D eigenvalue weighted by Crippen LogP contribution is -2.17. The lowest BCUT2D eigenvalue weighted by molar-refractivity contribution is 0.0954. The molecule has 6 nitrogen and oxygen atoms in total. The molecule has 3 aromatic rings. The lowest BCUT2D eigenvalue weighted by atomic mass is 10.2. The predicted octanol–water partition coefficient (Wildman–Crippen LogP) is 6.88. The standard InChI is InChI=1S/C23H18Br2Cl2N2O4/c1-31-17-7-15(8-18(10-17)32-2)23(30)29-28-11-13-5-19(24)22(20(25)6-13)33-12-14-3-4-16(26)9-21(14)27/h3-11H,12H2,1-2H3,(H,29,30)/b28-11-. The zero-order valence-corrected chi connectivity index (χ0v) is 22.2. The van der Waals surface area contributed by atoms with E-state index in [-0.39, 0.29) is 6.61 Å². The Bertz CT molecular complexity index is 1160. The van der Waals surface area contributed by atoms with Crippen molar-refractivity contribution in [3.05, 3.63) is 84.2 Å². The summed E-state index contributed by atoms with van der Waals surface area (Å²) < 4.78 is 17.7. The lowest BCUT2D eigenvalue weighted by Gasteiger charge is -2.12. The fraction of sp³-hybridized carbons (Fsp3) is 0.130. The van der Waals surface area contributed by atoms with Crippen LogP contribution < -0.4 is 19.6 Å². The van der Waals surface area contributed by atoms with Crippen molar-refractivity contribution in [3.63, 3.8) is 0 Å². The van der Waals surface area contributed by atoms with Crippen LogP contribution in [-0.4, -0.2) is 26.3 Å². The van der Waals surface area contributed by atoms with Crippen molar-refractivity contribution < 1.29 is 19.0 Å². The zero-order valence-electron chi connectivity index (χ0n) is 17.5. The minimum absolute atomic E-state index is 0.265. The fourth-order valence-electron chi connectivity index (χ4n) is 2.75. The number of nitrogens with zero attached hydrogens (tertiary/aromatic N) is 1. The highest BCUT2D eigenvalue weighted by Crippen LogP contribution is 2.35. The van der Waals surface area contributed by atoms with E-state index in [1.165, 1.54) is 20.4 Å². The molecule has 0 saturated carbocycles. The molecule has 0 bridgehead atoms. The molecule has 1 N–H and O–H groups in total. The number of nitrogens with one attached hydrogen (secondary N) is 1. The van der Waals surface area contributed by atoms with Gasteiger partial charge in [-0.05, 0) is 73.8 Å². The van der Waals surface area contributed by atoms with Crippen LogP contribution in [-0.2, 0) is 6.61 Å². The molecule has 0 unspecified atom stereocenters. The number of ether oxygens (including phenoxy) is 3. The van der Waals surface area contributed by atoms with Crippen molar-refractivity contribution in [1.82, 2.24) is 5.43 Å². The molecule has 1 amide bonds. The van der Waals surface area contributed by atoms with Gasteiger partial charge in [-0.3, -0.25) is 4.79 Å². The number of benzene rings is 3. The van der Waals surface area contributed by atoms with E-state index in [0.717, 1.165) is 11.1 Å². The Morgan fingerprint density at radius 1 is 1.00 bits per heavy atom. The fourth-order valence-corrected chi connectivity index (χ4v) is 4.66. The molecule has 0 heterocycles. The van der Waals surface area contributed by atoms with Crippen molar-refractivity contribution in [3.8, 4) is 17.2 Å². The highest BCUT2D eigenvalue weighted by molar-refractivity contribution is 9.11. The second-order valence-corrected chi connectivity index (χ2v) is 9.19. The van der Waals surface area contributed by atoms with Gasteiger partial charge < -0.3 is 14.2 Å². The Hall–Kier alpha value is -2.26. The van der Waals surface area contributed by atoms with Crippen LogP contribution in [0, 0.1) is 0 Å². The highest BCUT2D eigenvalue weighted by atomic mass is 79.9. The molecule has 0 spiro atoms. The Morgan fingerprint density at radius 3 is 2.21 bits per heavy atom. The number of rotatable bonds is 8. The quantitative estimate of drug-likeness (QED) is 0.221. The number of carbonyl (C=O) groups is 1. The van der Waals surface area contributed by atoms with Gasteiger partial charge in [-0.1, -0.05) is 29.3 Å². The summed E-state index contributed by atoms with van der Waals surface area (Å²) in [5, 5.41) is 5.13. The first-order valence-corrected chi connectivity index (χ1v) is 11.8. The van der Waals surface area contributed by atoms with E-state index in [2.05, 4.69) is 42.4 Å². The molecule has 0 aromatic heterocycles. The normalized spacial score (nSPS) is 10.8. The van der Waals surface area contributed by atoms with Crippen LogP contribution >= 0.6 is 55.1 Å². The van der Waals surface area contributed by atoms with Gasteiger partial charge in [0.2, 0.25) is 0 Å². The van der Waals surface area contributed by atoms with E-state index in [1.54, 1.807) is 30.3 Å². The van der Waals surface area contributed by atoms with Crippen molar-refractivity contribution in [2.24, 2.45) is 5.10 Å². The number of hydrogen-bond acceptors (Lipinski definition) is 5. The van der Waals surface area contributed by atoms with Gasteiger partial charge in [0.05, 0.1) is 29.4 Å². The number of hydrazone groups is 1. The molecule has 3 rings (SSSR count). The first-order valence-electron chi connectivity index (χ1n) is 9.43. The predicted molar refractivity (Wildman–Crippen MR) is 137 cm³/mol. The smallest absolute Gasteiger partial charge is 0.271 e. The van der Waals surface area contributed by atoms with Crippen LogP contribution in [0.5, 0.6) is 17.2 Å². The molecule has 33 heavy (non-hydrogen) atoms. The van der Waals surface area contributed by atoms with Gasteiger partial charge >= 0.3 is 0 Å². The Labute approximate surface area is 218 Å². The van der Waals surface area contributed by atoms with Gasteiger partial charge in [0.15, 0.2) is 0 Å². The number of amides is 1. The highest BCUT2D eigenvalue weighted by Gasteiger charge is 2.12. The number of halogens is 4. The maximum absolute atomic E-state index is 12.4. The Balaban J connectivity index is 1.67. The van der Waals surface area contributed by atoms with Gasteiger partial charge in [-0.2, -0.15) is 5.10 Å². The average Bonchev–Trinajstić information content (AvgIpc) is 2.79. The van der Waals surface area contributed by atoms with Crippen LogP contribution in [0.15, 0.2) is 62.6 Å². The van der Waals surface area contributed by atoms with Crippen LogP contribution in [0.2, 0.25) is 10.0 Å². The number of methoxy groups -OCH3 is 2. The molecule has 0 radical (unpaired) electrons. The van der Waals surface area contributed by atoms with Crippen molar-refractivity contribution in [2.45, 2.75) is 6.61 Å². The molecule has 10 heteroatoms. The molecule has 0 aliphatic rings. The van der Waals surface area contributed by atoms with E-state index < -0.39 is 5.91 Å². The molecule has 0 aliphatic carbocycles. The second kappa shape index (κ2) is 11.7.